The Morgan fingerprint density at radius 3 is 2.78 bits per heavy atom. The molecule has 1 saturated heterocycles. The van der Waals surface area contributed by atoms with Gasteiger partial charge in [0.05, 0.1) is 11.9 Å². The van der Waals surface area contributed by atoms with E-state index in [1.165, 1.54) is 4.90 Å². The standard InChI is InChI=1S/C23H23N5O4/c24-15-2-4-18-13(8-15)9-16(10-25-18)26-21(30)12-1-3-17-14(7-12)11-28(23(17)32)19-5-6-20(29)27-22(19)31/h1,3,7,9-10,15,19H,2,4-6,8,11,24H2,(H,26,30)(H,27,29,31). The number of hydrogen-bond donors (Lipinski definition) is 3. The molecule has 9 nitrogen and oxygen atoms in total. The van der Waals surface area contributed by atoms with Crippen LogP contribution in [-0.4, -0.2) is 45.6 Å². The van der Waals surface area contributed by atoms with Crippen LogP contribution < -0.4 is 16.4 Å². The van der Waals surface area contributed by atoms with Crippen LogP contribution in [0.25, 0.3) is 0 Å². The van der Waals surface area contributed by atoms with Crippen molar-refractivity contribution in [1.82, 2.24) is 15.2 Å². The molecule has 0 saturated carbocycles. The van der Waals surface area contributed by atoms with Crippen LogP contribution >= 0.6 is 0 Å². The summed E-state index contributed by atoms with van der Waals surface area (Å²) in [5, 5.41) is 5.15. The summed E-state index contributed by atoms with van der Waals surface area (Å²) in [6, 6.07) is 6.23. The molecule has 1 fully saturated rings. The minimum Gasteiger partial charge on any atom is -0.327 e. The van der Waals surface area contributed by atoms with Gasteiger partial charge in [-0.15, -0.1) is 0 Å². The average Bonchev–Trinajstić information content (AvgIpc) is 3.09. The van der Waals surface area contributed by atoms with Gasteiger partial charge in [0.15, 0.2) is 0 Å². The first-order valence-electron chi connectivity index (χ1n) is 10.7. The molecule has 4 N–H and O–H groups in total. The number of nitrogens with two attached hydrogens (primary N) is 1. The number of pyridine rings is 1. The van der Waals surface area contributed by atoms with Crippen molar-refractivity contribution in [2.75, 3.05) is 5.32 Å². The summed E-state index contributed by atoms with van der Waals surface area (Å²) in [7, 11) is 0. The Bertz CT molecular complexity index is 1160. The average molecular weight is 433 g/mol. The van der Waals surface area contributed by atoms with Crippen LogP contribution in [0.2, 0.25) is 0 Å². The van der Waals surface area contributed by atoms with E-state index in [-0.39, 0.29) is 36.7 Å². The zero-order chi connectivity index (χ0) is 22.4. The molecular formula is C23H23N5O4. The second-order valence-corrected chi connectivity index (χ2v) is 8.56. The van der Waals surface area contributed by atoms with Crippen LogP contribution in [-0.2, 0) is 29.0 Å². The monoisotopic (exact) mass is 433 g/mol. The van der Waals surface area contributed by atoms with Gasteiger partial charge in [-0.3, -0.25) is 29.5 Å². The van der Waals surface area contributed by atoms with E-state index in [1.54, 1.807) is 24.4 Å². The number of fused-ring (bicyclic) bond motifs is 2. The van der Waals surface area contributed by atoms with Gasteiger partial charge in [-0.25, -0.2) is 0 Å². The number of aryl methyl sites for hydroxylation is 1. The molecule has 32 heavy (non-hydrogen) atoms. The lowest BCUT2D eigenvalue weighted by Crippen LogP contribution is -2.52. The van der Waals surface area contributed by atoms with Gasteiger partial charge in [0, 0.05) is 35.8 Å². The number of hydrogen-bond acceptors (Lipinski definition) is 6. The van der Waals surface area contributed by atoms with Crippen molar-refractivity contribution >= 4 is 29.3 Å². The molecule has 0 radical (unpaired) electrons. The van der Waals surface area contributed by atoms with E-state index >= 15 is 0 Å². The second-order valence-electron chi connectivity index (χ2n) is 8.56. The third kappa shape index (κ3) is 3.64. The Kier molecular flexibility index (Phi) is 4.97. The molecule has 1 aromatic heterocycles. The van der Waals surface area contributed by atoms with Crippen molar-refractivity contribution in [3.8, 4) is 0 Å². The van der Waals surface area contributed by atoms with E-state index in [1.807, 2.05) is 6.07 Å². The normalized spacial score (nSPS) is 22.3. The first-order valence-corrected chi connectivity index (χ1v) is 10.7. The van der Waals surface area contributed by atoms with Crippen LogP contribution in [0.1, 0.15) is 56.8 Å². The summed E-state index contributed by atoms with van der Waals surface area (Å²) < 4.78 is 0. The quantitative estimate of drug-likeness (QED) is 0.616. The highest BCUT2D eigenvalue weighted by Gasteiger charge is 2.39. The lowest BCUT2D eigenvalue weighted by Gasteiger charge is -2.29. The van der Waals surface area contributed by atoms with E-state index in [9.17, 15) is 19.2 Å². The fourth-order valence-corrected chi connectivity index (χ4v) is 4.63. The van der Waals surface area contributed by atoms with Gasteiger partial charge in [0.1, 0.15) is 6.04 Å². The van der Waals surface area contributed by atoms with Crippen LogP contribution in [0, 0.1) is 0 Å². The van der Waals surface area contributed by atoms with Gasteiger partial charge in [-0.05, 0) is 61.1 Å². The lowest BCUT2D eigenvalue weighted by molar-refractivity contribution is -0.136. The number of imide groups is 1. The molecule has 9 heteroatoms. The summed E-state index contributed by atoms with van der Waals surface area (Å²) in [6.07, 6.45) is 4.64. The summed E-state index contributed by atoms with van der Waals surface area (Å²) in [4.78, 5) is 55.2. The zero-order valence-electron chi connectivity index (χ0n) is 17.4. The molecule has 3 aliphatic rings. The molecule has 1 aromatic carbocycles. The number of aromatic nitrogens is 1. The number of amides is 4. The van der Waals surface area contributed by atoms with E-state index in [4.69, 9.17) is 5.73 Å². The minimum absolute atomic E-state index is 0.108. The molecule has 4 amide bonds. The minimum atomic E-state index is -0.683. The largest absolute Gasteiger partial charge is 0.327 e. The second kappa shape index (κ2) is 7.83. The van der Waals surface area contributed by atoms with Gasteiger partial charge in [0.25, 0.3) is 11.8 Å². The predicted molar refractivity (Wildman–Crippen MR) is 115 cm³/mol. The highest BCUT2D eigenvalue weighted by atomic mass is 16.2. The van der Waals surface area contributed by atoms with Gasteiger partial charge in [-0.2, -0.15) is 0 Å². The summed E-state index contributed by atoms with van der Waals surface area (Å²) in [5.74, 6) is -1.36. The van der Waals surface area contributed by atoms with Crippen molar-refractivity contribution in [2.45, 2.75) is 50.7 Å². The Labute approximate surface area is 184 Å². The van der Waals surface area contributed by atoms with Gasteiger partial charge in [-0.1, -0.05) is 0 Å². The molecule has 5 rings (SSSR count). The number of nitrogens with one attached hydrogen (secondary N) is 2. The first kappa shape index (κ1) is 20.3. The molecule has 2 atom stereocenters. The molecule has 0 spiro atoms. The van der Waals surface area contributed by atoms with Crippen molar-refractivity contribution in [2.24, 2.45) is 5.73 Å². The SMILES string of the molecule is NC1CCc2ncc(NC(=O)c3ccc4c(c3)CN(C3CCC(=O)NC3=O)C4=O)cc2C1. The maximum Gasteiger partial charge on any atom is 0.255 e. The third-order valence-electron chi connectivity index (χ3n) is 6.34. The van der Waals surface area contributed by atoms with Crippen molar-refractivity contribution in [3.05, 3.63) is 58.4 Å². The van der Waals surface area contributed by atoms with Gasteiger partial charge < -0.3 is 16.0 Å². The van der Waals surface area contributed by atoms with E-state index in [2.05, 4.69) is 15.6 Å². The van der Waals surface area contributed by atoms with Crippen molar-refractivity contribution in [3.63, 3.8) is 0 Å². The maximum absolute atomic E-state index is 12.8. The smallest absolute Gasteiger partial charge is 0.255 e. The zero-order valence-corrected chi connectivity index (χ0v) is 17.4. The Morgan fingerprint density at radius 1 is 1.12 bits per heavy atom. The lowest BCUT2D eigenvalue weighted by atomic mass is 9.92. The van der Waals surface area contributed by atoms with E-state index in [0.717, 1.165) is 30.5 Å². The highest BCUT2D eigenvalue weighted by molar-refractivity contribution is 6.08. The molecule has 1 aliphatic carbocycles. The molecular weight excluding hydrogens is 410 g/mol. The summed E-state index contributed by atoms with van der Waals surface area (Å²) >= 11 is 0. The topological polar surface area (TPSA) is 134 Å². The molecule has 2 unspecified atom stereocenters. The number of carbonyl (C=O) groups excluding carboxylic acids is 4. The Morgan fingerprint density at radius 2 is 1.97 bits per heavy atom. The predicted octanol–water partition coefficient (Wildman–Crippen LogP) is 0.911. The number of piperidine rings is 1. The summed E-state index contributed by atoms with van der Waals surface area (Å²) in [6.45, 7) is 0.222. The van der Waals surface area contributed by atoms with E-state index in [0.29, 0.717) is 28.8 Å². The van der Waals surface area contributed by atoms with Gasteiger partial charge >= 0.3 is 0 Å². The number of anilines is 1. The van der Waals surface area contributed by atoms with Crippen LogP contribution in [0.15, 0.2) is 30.5 Å². The molecule has 3 heterocycles. The van der Waals surface area contributed by atoms with Crippen LogP contribution in [0.5, 0.6) is 0 Å². The molecule has 0 bridgehead atoms. The number of benzene rings is 1. The summed E-state index contributed by atoms with van der Waals surface area (Å²) in [5.41, 5.74) is 10.3. The maximum atomic E-state index is 12.8. The fraction of sp³-hybridized carbons (Fsp3) is 0.348. The number of rotatable bonds is 3. The molecule has 2 aromatic rings. The van der Waals surface area contributed by atoms with Crippen LogP contribution in [0.3, 0.4) is 0 Å². The van der Waals surface area contributed by atoms with Crippen LogP contribution in [0.4, 0.5) is 5.69 Å². The van der Waals surface area contributed by atoms with Crippen molar-refractivity contribution < 1.29 is 19.2 Å². The van der Waals surface area contributed by atoms with Crippen molar-refractivity contribution in [1.29, 1.82) is 0 Å². The fourth-order valence-electron chi connectivity index (χ4n) is 4.63. The van der Waals surface area contributed by atoms with Gasteiger partial charge in [0.2, 0.25) is 11.8 Å². The Balaban J connectivity index is 1.32. The van der Waals surface area contributed by atoms with E-state index < -0.39 is 11.9 Å². The molecule has 164 valence electrons. The third-order valence-corrected chi connectivity index (χ3v) is 6.34. The first-order chi connectivity index (χ1) is 15.4. The number of nitrogens with zero attached hydrogens (tertiary/aromatic N) is 2. The Hall–Kier alpha value is -3.59. The number of carbonyl (C=O) groups is 4. The highest BCUT2D eigenvalue weighted by Crippen LogP contribution is 2.29. The molecule has 2 aliphatic heterocycles.